The van der Waals surface area contributed by atoms with E-state index < -0.39 is 41.5 Å². The highest BCUT2D eigenvalue weighted by Crippen LogP contribution is 2.31. The number of halogens is 3. The minimum absolute atomic E-state index is 0.000190. The highest BCUT2D eigenvalue weighted by atomic mass is 32.2. The molecule has 0 fully saturated rings. The van der Waals surface area contributed by atoms with E-state index in [4.69, 9.17) is 4.74 Å². The molecule has 11 heteroatoms. The molecule has 0 aliphatic carbocycles. The Morgan fingerprint density at radius 3 is 2.03 bits per heavy atom. The molecule has 0 unspecified atom stereocenters. The molecule has 0 spiro atoms. The zero-order chi connectivity index (χ0) is 28.4. The second-order valence-corrected chi connectivity index (χ2v) is 17.6. The van der Waals surface area contributed by atoms with Crippen LogP contribution < -0.4 is 4.90 Å². The van der Waals surface area contributed by atoms with Crippen LogP contribution in [0.3, 0.4) is 0 Å². The summed E-state index contributed by atoms with van der Waals surface area (Å²) >= 11 is 0. The number of benzene rings is 2. The Bertz CT molecular complexity index is 1300. The van der Waals surface area contributed by atoms with Crippen LogP contribution in [0.25, 0.3) is 0 Å². The molecule has 37 heavy (non-hydrogen) atoms. The molecule has 0 saturated carbocycles. The number of hydrogen-bond acceptors (Lipinski definition) is 4. The van der Waals surface area contributed by atoms with Crippen molar-refractivity contribution in [2.75, 3.05) is 19.0 Å². The summed E-state index contributed by atoms with van der Waals surface area (Å²) < 4.78 is 71.3. The number of ether oxygens (including phenoxy) is 1. The molecule has 0 aromatic heterocycles. The maximum atomic E-state index is 13.3. The van der Waals surface area contributed by atoms with Gasteiger partial charge in [0.05, 0.1) is 22.7 Å². The minimum Gasteiger partial charge on any atom is -0.443 e. The van der Waals surface area contributed by atoms with Gasteiger partial charge in [0.15, 0.2) is 0 Å². The summed E-state index contributed by atoms with van der Waals surface area (Å²) in [5, 5.41) is 0. The van der Waals surface area contributed by atoms with E-state index in [2.05, 4.69) is 11.5 Å². The molecule has 0 saturated heterocycles. The molecule has 0 N–H and O–H groups in total. The highest BCUT2D eigenvalue weighted by molar-refractivity contribution is 7.89. The van der Waals surface area contributed by atoms with Gasteiger partial charge in [-0.2, -0.15) is 13.2 Å². The van der Waals surface area contributed by atoms with Gasteiger partial charge in [-0.1, -0.05) is 37.7 Å². The third-order valence-electron chi connectivity index (χ3n) is 4.85. The van der Waals surface area contributed by atoms with Gasteiger partial charge in [-0.3, -0.25) is 4.90 Å². The zero-order valence-electron chi connectivity index (χ0n) is 22.3. The molecule has 202 valence electrons. The SMILES string of the molecule is CN(C)S(=O)(=O)c1ccc(N(Cc2ccc(C(F)(F)F)cc2)C(=O)OC(C)(C)C)c(C#C[Si](C)(C)C)c1. The number of rotatable bonds is 5. The number of nitrogens with zero attached hydrogens (tertiary/aromatic N) is 2. The van der Waals surface area contributed by atoms with E-state index in [1.807, 2.05) is 19.6 Å². The third kappa shape index (κ3) is 8.62. The molecule has 0 atom stereocenters. The summed E-state index contributed by atoms with van der Waals surface area (Å²) in [6.07, 6.45) is -5.23. The Hall–Kier alpha value is -2.81. The lowest BCUT2D eigenvalue weighted by Gasteiger charge is -2.28. The molecule has 0 bridgehead atoms. The lowest BCUT2D eigenvalue weighted by Crippen LogP contribution is -2.37. The van der Waals surface area contributed by atoms with Crippen molar-refractivity contribution in [1.82, 2.24) is 4.31 Å². The summed E-state index contributed by atoms with van der Waals surface area (Å²) in [6, 6.07) is 8.72. The van der Waals surface area contributed by atoms with E-state index in [0.717, 1.165) is 16.4 Å². The molecule has 2 rings (SSSR count). The Balaban J connectivity index is 2.70. The van der Waals surface area contributed by atoms with Crippen molar-refractivity contribution in [3.63, 3.8) is 0 Å². The van der Waals surface area contributed by atoms with E-state index in [0.29, 0.717) is 11.1 Å². The molecule has 2 aromatic rings. The predicted octanol–water partition coefficient (Wildman–Crippen LogP) is 6.13. The van der Waals surface area contributed by atoms with Crippen molar-refractivity contribution in [3.05, 3.63) is 59.2 Å². The second-order valence-electron chi connectivity index (χ2n) is 10.7. The van der Waals surface area contributed by atoms with Crippen LogP contribution in [0.4, 0.5) is 23.7 Å². The van der Waals surface area contributed by atoms with Gasteiger partial charge >= 0.3 is 12.3 Å². The molecule has 0 aliphatic heterocycles. The number of anilines is 1. The van der Waals surface area contributed by atoms with Crippen molar-refractivity contribution in [2.24, 2.45) is 0 Å². The van der Waals surface area contributed by atoms with E-state index in [9.17, 15) is 26.4 Å². The first-order valence-electron chi connectivity index (χ1n) is 11.5. The Morgan fingerprint density at radius 1 is 1.00 bits per heavy atom. The van der Waals surface area contributed by atoms with Crippen LogP contribution in [0.1, 0.15) is 37.5 Å². The molecule has 1 amide bonds. The fourth-order valence-corrected chi connectivity index (χ4v) is 4.46. The van der Waals surface area contributed by atoms with Crippen LogP contribution >= 0.6 is 0 Å². The molecule has 0 heterocycles. The van der Waals surface area contributed by atoms with Crippen LogP contribution in [0.5, 0.6) is 0 Å². The average molecular weight is 555 g/mol. The van der Waals surface area contributed by atoms with Gasteiger partial charge < -0.3 is 4.74 Å². The van der Waals surface area contributed by atoms with Crippen LogP contribution in [-0.2, 0) is 27.5 Å². The topological polar surface area (TPSA) is 66.9 Å². The maximum absolute atomic E-state index is 13.3. The van der Waals surface area contributed by atoms with E-state index >= 15 is 0 Å². The van der Waals surface area contributed by atoms with Crippen molar-refractivity contribution >= 4 is 29.9 Å². The summed E-state index contributed by atoms with van der Waals surface area (Å²) in [5.74, 6) is 3.05. The average Bonchev–Trinajstić information content (AvgIpc) is 2.73. The number of carbonyl (C=O) groups is 1. The molecular weight excluding hydrogens is 521 g/mol. The first-order chi connectivity index (χ1) is 16.7. The van der Waals surface area contributed by atoms with Gasteiger partial charge in [-0.05, 0) is 56.7 Å². The van der Waals surface area contributed by atoms with Crippen LogP contribution in [0.15, 0.2) is 47.4 Å². The van der Waals surface area contributed by atoms with Gasteiger partial charge in [0, 0.05) is 19.7 Å². The quantitative estimate of drug-likeness (QED) is 0.330. The Labute approximate surface area is 218 Å². The van der Waals surface area contributed by atoms with Crippen LogP contribution in [0, 0.1) is 11.5 Å². The lowest BCUT2D eigenvalue weighted by atomic mass is 10.1. The fraction of sp³-hybridized carbons (Fsp3) is 0.423. The first-order valence-corrected chi connectivity index (χ1v) is 16.4. The van der Waals surface area contributed by atoms with Crippen LogP contribution in [0.2, 0.25) is 19.6 Å². The van der Waals surface area contributed by atoms with E-state index in [1.165, 1.54) is 49.3 Å². The second kappa shape index (κ2) is 10.9. The normalized spacial score (nSPS) is 12.6. The van der Waals surface area contributed by atoms with Crippen molar-refractivity contribution in [1.29, 1.82) is 0 Å². The number of sulfonamides is 1. The zero-order valence-corrected chi connectivity index (χ0v) is 24.1. The van der Waals surface area contributed by atoms with Gasteiger partial charge in [-0.15, -0.1) is 5.54 Å². The highest BCUT2D eigenvalue weighted by Gasteiger charge is 2.31. The molecule has 0 aliphatic rings. The number of amides is 1. The third-order valence-corrected chi connectivity index (χ3v) is 7.53. The summed E-state index contributed by atoms with van der Waals surface area (Å²) in [4.78, 5) is 14.5. The lowest BCUT2D eigenvalue weighted by molar-refractivity contribution is -0.137. The summed E-state index contributed by atoms with van der Waals surface area (Å²) in [6.45, 7) is 11.0. The Morgan fingerprint density at radius 2 is 1.57 bits per heavy atom. The molecule has 0 radical (unpaired) electrons. The van der Waals surface area contributed by atoms with Gasteiger partial charge in [-0.25, -0.2) is 17.5 Å². The van der Waals surface area contributed by atoms with Gasteiger partial charge in [0.25, 0.3) is 0 Å². The molecular formula is C26H33F3N2O4SSi. The van der Waals surface area contributed by atoms with Crippen molar-refractivity contribution in [3.8, 4) is 11.5 Å². The minimum atomic E-state index is -4.49. The molecule has 6 nitrogen and oxygen atoms in total. The largest absolute Gasteiger partial charge is 0.443 e. The van der Waals surface area contributed by atoms with Crippen molar-refractivity contribution in [2.45, 2.75) is 63.6 Å². The Kier molecular flexibility index (Phi) is 8.95. The summed E-state index contributed by atoms with van der Waals surface area (Å²) in [5.41, 5.74) is 2.54. The predicted molar refractivity (Wildman–Crippen MR) is 141 cm³/mol. The maximum Gasteiger partial charge on any atom is 0.416 e. The van der Waals surface area contributed by atoms with Crippen molar-refractivity contribution < 1.29 is 31.1 Å². The smallest absolute Gasteiger partial charge is 0.416 e. The number of alkyl halides is 3. The van der Waals surface area contributed by atoms with E-state index in [-0.39, 0.29) is 17.1 Å². The first kappa shape index (κ1) is 30.4. The van der Waals surface area contributed by atoms with Gasteiger partial charge in [0.2, 0.25) is 10.0 Å². The summed E-state index contributed by atoms with van der Waals surface area (Å²) in [7, 11) is -2.87. The number of carbonyl (C=O) groups excluding carboxylic acids is 1. The molecule has 2 aromatic carbocycles. The van der Waals surface area contributed by atoms with Gasteiger partial charge in [0.1, 0.15) is 13.7 Å². The van der Waals surface area contributed by atoms with Crippen LogP contribution in [-0.4, -0.2) is 46.6 Å². The standard InChI is InChI=1S/C26H33F3N2O4SSi/c1-25(2,3)35-24(32)31(18-19-9-11-21(12-10-19)26(27,28)29)23-14-13-22(36(33,34)30(4)5)17-20(23)15-16-37(6,7)8/h9-14,17H,18H2,1-8H3. The van der Waals surface area contributed by atoms with E-state index in [1.54, 1.807) is 20.8 Å². The fourth-order valence-electron chi connectivity index (χ4n) is 3.02. The number of hydrogen-bond donors (Lipinski definition) is 0. The monoisotopic (exact) mass is 554 g/mol.